The molecule has 2 saturated heterocycles. The SMILES string of the molecule is Cc1nc(C2CCCN(c3ncncc3C(C)C)C2)cc(N2CCCC2)n1. The summed E-state index contributed by atoms with van der Waals surface area (Å²) >= 11 is 0. The van der Waals surface area contributed by atoms with Crippen LogP contribution in [0.25, 0.3) is 0 Å². The average Bonchev–Trinajstić information content (AvgIpc) is 3.22. The van der Waals surface area contributed by atoms with Gasteiger partial charge >= 0.3 is 0 Å². The van der Waals surface area contributed by atoms with E-state index in [2.05, 4.69) is 39.7 Å². The predicted octanol–water partition coefficient (Wildman–Crippen LogP) is 3.68. The van der Waals surface area contributed by atoms with Gasteiger partial charge < -0.3 is 9.80 Å². The zero-order valence-corrected chi connectivity index (χ0v) is 16.7. The fourth-order valence-electron chi connectivity index (χ4n) is 4.31. The van der Waals surface area contributed by atoms with Gasteiger partial charge in [-0.15, -0.1) is 0 Å². The molecule has 0 spiro atoms. The first-order chi connectivity index (χ1) is 13.1. The molecule has 2 fully saturated rings. The molecule has 0 aliphatic carbocycles. The Hall–Kier alpha value is -2.24. The summed E-state index contributed by atoms with van der Waals surface area (Å²) in [5.41, 5.74) is 2.42. The topological polar surface area (TPSA) is 58.0 Å². The van der Waals surface area contributed by atoms with Gasteiger partial charge in [-0.25, -0.2) is 19.9 Å². The second-order valence-electron chi connectivity index (χ2n) is 8.13. The van der Waals surface area contributed by atoms with Crippen LogP contribution in [0.3, 0.4) is 0 Å². The second-order valence-corrected chi connectivity index (χ2v) is 8.13. The van der Waals surface area contributed by atoms with Crippen LogP contribution < -0.4 is 9.80 Å². The quantitative estimate of drug-likeness (QED) is 0.823. The first-order valence-electron chi connectivity index (χ1n) is 10.3. The molecule has 0 radical (unpaired) electrons. The fraction of sp³-hybridized carbons (Fsp3) is 0.619. The Bertz CT molecular complexity index is 784. The van der Waals surface area contributed by atoms with Crippen molar-refractivity contribution in [3.05, 3.63) is 35.7 Å². The van der Waals surface area contributed by atoms with Crippen LogP contribution in [0.15, 0.2) is 18.6 Å². The molecule has 27 heavy (non-hydrogen) atoms. The van der Waals surface area contributed by atoms with Crippen LogP contribution in [0, 0.1) is 6.92 Å². The molecule has 1 unspecified atom stereocenters. The first kappa shape index (κ1) is 18.1. The van der Waals surface area contributed by atoms with Crippen molar-refractivity contribution in [1.29, 1.82) is 0 Å². The van der Waals surface area contributed by atoms with E-state index in [0.29, 0.717) is 11.8 Å². The van der Waals surface area contributed by atoms with Crippen LogP contribution in [0.5, 0.6) is 0 Å². The monoisotopic (exact) mass is 366 g/mol. The summed E-state index contributed by atoms with van der Waals surface area (Å²) in [5, 5.41) is 0. The molecule has 2 aliphatic rings. The van der Waals surface area contributed by atoms with Crippen molar-refractivity contribution in [2.24, 2.45) is 0 Å². The molecule has 6 nitrogen and oxygen atoms in total. The lowest BCUT2D eigenvalue weighted by atomic mass is 9.93. The highest BCUT2D eigenvalue weighted by atomic mass is 15.2. The summed E-state index contributed by atoms with van der Waals surface area (Å²) in [6, 6.07) is 2.23. The van der Waals surface area contributed by atoms with Gasteiger partial charge in [-0.05, 0) is 38.5 Å². The maximum atomic E-state index is 4.82. The van der Waals surface area contributed by atoms with Crippen molar-refractivity contribution in [2.75, 3.05) is 36.0 Å². The number of aryl methyl sites for hydroxylation is 1. The van der Waals surface area contributed by atoms with E-state index in [-0.39, 0.29) is 0 Å². The Morgan fingerprint density at radius 1 is 1.04 bits per heavy atom. The third-order valence-corrected chi connectivity index (χ3v) is 5.75. The lowest BCUT2D eigenvalue weighted by molar-refractivity contribution is 0.495. The molecule has 0 saturated carbocycles. The smallest absolute Gasteiger partial charge is 0.135 e. The normalized spacial score (nSPS) is 20.5. The lowest BCUT2D eigenvalue weighted by Gasteiger charge is -2.35. The average molecular weight is 367 g/mol. The maximum Gasteiger partial charge on any atom is 0.135 e. The van der Waals surface area contributed by atoms with Gasteiger partial charge in [0.1, 0.15) is 23.8 Å². The third kappa shape index (κ3) is 3.89. The summed E-state index contributed by atoms with van der Waals surface area (Å²) in [7, 11) is 0. The van der Waals surface area contributed by atoms with Crippen LogP contribution in [-0.4, -0.2) is 46.1 Å². The van der Waals surface area contributed by atoms with Gasteiger partial charge in [0, 0.05) is 49.9 Å². The van der Waals surface area contributed by atoms with Crippen molar-refractivity contribution in [2.45, 2.75) is 58.3 Å². The van der Waals surface area contributed by atoms with E-state index in [0.717, 1.165) is 50.1 Å². The highest BCUT2D eigenvalue weighted by Gasteiger charge is 2.27. The van der Waals surface area contributed by atoms with E-state index < -0.39 is 0 Å². The van der Waals surface area contributed by atoms with Gasteiger partial charge in [0.2, 0.25) is 0 Å². The Balaban J connectivity index is 1.59. The lowest BCUT2D eigenvalue weighted by Crippen LogP contribution is -2.36. The molecule has 2 aromatic rings. The van der Waals surface area contributed by atoms with Crippen molar-refractivity contribution in [3.8, 4) is 0 Å². The van der Waals surface area contributed by atoms with Gasteiger partial charge in [0.15, 0.2) is 0 Å². The van der Waals surface area contributed by atoms with E-state index in [1.54, 1.807) is 6.33 Å². The van der Waals surface area contributed by atoms with Crippen LogP contribution in [0.1, 0.15) is 68.4 Å². The minimum absolute atomic E-state index is 0.421. The first-order valence-corrected chi connectivity index (χ1v) is 10.3. The molecule has 0 N–H and O–H groups in total. The number of nitrogens with zero attached hydrogens (tertiary/aromatic N) is 6. The van der Waals surface area contributed by atoms with Crippen LogP contribution in [0.4, 0.5) is 11.6 Å². The zero-order chi connectivity index (χ0) is 18.8. The Morgan fingerprint density at radius 3 is 2.59 bits per heavy atom. The molecule has 144 valence electrons. The summed E-state index contributed by atoms with van der Waals surface area (Å²) in [4.78, 5) is 23.2. The number of aromatic nitrogens is 4. The van der Waals surface area contributed by atoms with Crippen LogP contribution in [-0.2, 0) is 0 Å². The maximum absolute atomic E-state index is 4.82. The molecule has 2 aromatic heterocycles. The van der Waals surface area contributed by atoms with Gasteiger partial charge in [-0.2, -0.15) is 0 Å². The minimum Gasteiger partial charge on any atom is -0.357 e. The van der Waals surface area contributed by atoms with Crippen LogP contribution >= 0.6 is 0 Å². The van der Waals surface area contributed by atoms with Crippen molar-refractivity contribution >= 4 is 11.6 Å². The van der Waals surface area contributed by atoms with E-state index >= 15 is 0 Å². The molecule has 0 bridgehead atoms. The predicted molar refractivity (Wildman–Crippen MR) is 109 cm³/mol. The van der Waals surface area contributed by atoms with Gasteiger partial charge in [-0.3, -0.25) is 0 Å². The van der Waals surface area contributed by atoms with Gasteiger partial charge in [-0.1, -0.05) is 13.8 Å². The standard InChI is InChI=1S/C21H30N6/c1-15(2)18-12-22-14-23-21(18)27-10-6-7-17(13-27)19-11-20(25-16(3)24-19)26-8-4-5-9-26/h11-12,14-15,17H,4-10,13H2,1-3H3. The summed E-state index contributed by atoms with van der Waals surface area (Å²) < 4.78 is 0. The number of rotatable bonds is 4. The van der Waals surface area contributed by atoms with E-state index in [9.17, 15) is 0 Å². The number of hydrogen-bond acceptors (Lipinski definition) is 6. The highest BCUT2D eigenvalue weighted by Crippen LogP contribution is 2.33. The summed E-state index contributed by atoms with van der Waals surface area (Å²) in [5.74, 6) is 3.94. The molecule has 4 rings (SSSR count). The fourth-order valence-corrected chi connectivity index (χ4v) is 4.31. The number of hydrogen-bond donors (Lipinski definition) is 0. The van der Waals surface area contributed by atoms with Gasteiger partial charge in [0.25, 0.3) is 0 Å². The number of piperidine rings is 1. The molecule has 4 heterocycles. The highest BCUT2D eigenvalue weighted by molar-refractivity contribution is 5.48. The molecule has 0 amide bonds. The molecular weight excluding hydrogens is 336 g/mol. The number of anilines is 2. The van der Waals surface area contributed by atoms with Gasteiger partial charge in [0.05, 0.1) is 5.69 Å². The molecule has 6 heteroatoms. The van der Waals surface area contributed by atoms with Crippen molar-refractivity contribution in [3.63, 3.8) is 0 Å². The summed E-state index contributed by atoms with van der Waals surface area (Å²) in [6.07, 6.45) is 8.51. The molecule has 2 aliphatic heterocycles. The van der Waals surface area contributed by atoms with Crippen molar-refractivity contribution < 1.29 is 0 Å². The van der Waals surface area contributed by atoms with E-state index in [1.165, 1.54) is 30.5 Å². The van der Waals surface area contributed by atoms with Crippen LogP contribution in [0.2, 0.25) is 0 Å². The second kappa shape index (κ2) is 7.79. The van der Waals surface area contributed by atoms with Crippen molar-refractivity contribution in [1.82, 2.24) is 19.9 Å². The molecule has 1 atom stereocenters. The Labute approximate surface area is 162 Å². The zero-order valence-electron chi connectivity index (χ0n) is 16.7. The molecule has 0 aromatic carbocycles. The summed E-state index contributed by atoms with van der Waals surface area (Å²) in [6.45, 7) is 10.7. The molecular formula is C21H30N6. The third-order valence-electron chi connectivity index (χ3n) is 5.75. The largest absolute Gasteiger partial charge is 0.357 e. The Kier molecular flexibility index (Phi) is 5.23. The Morgan fingerprint density at radius 2 is 1.81 bits per heavy atom. The van der Waals surface area contributed by atoms with E-state index in [4.69, 9.17) is 9.97 Å². The minimum atomic E-state index is 0.421. The van der Waals surface area contributed by atoms with E-state index in [1.807, 2.05) is 13.1 Å².